The number of benzene rings is 1. The largest absolute Gasteiger partial charge is 0.342 e. The summed E-state index contributed by atoms with van der Waals surface area (Å²) >= 11 is 0. The molecule has 0 unspecified atom stereocenters. The van der Waals surface area contributed by atoms with Gasteiger partial charge in [-0.1, -0.05) is 18.2 Å². The van der Waals surface area contributed by atoms with Crippen LogP contribution in [-0.2, 0) is 10.2 Å². The van der Waals surface area contributed by atoms with E-state index in [1.165, 1.54) is 6.07 Å². The van der Waals surface area contributed by atoms with E-state index in [9.17, 15) is 9.18 Å². The fourth-order valence-corrected chi connectivity index (χ4v) is 3.08. The summed E-state index contributed by atoms with van der Waals surface area (Å²) in [6.45, 7) is 2.11. The maximum absolute atomic E-state index is 13.9. The van der Waals surface area contributed by atoms with Crippen molar-refractivity contribution in [2.24, 2.45) is 11.7 Å². The molecule has 1 aromatic rings. The van der Waals surface area contributed by atoms with Gasteiger partial charge in [-0.05, 0) is 37.8 Å². The Kier molecular flexibility index (Phi) is 3.05. The Morgan fingerprint density at radius 2 is 2.16 bits per heavy atom. The first kappa shape index (κ1) is 12.6. The summed E-state index contributed by atoms with van der Waals surface area (Å²) < 4.78 is 13.9. The lowest BCUT2D eigenvalue weighted by atomic mass is 9.94. The number of nitrogens with zero attached hydrogens (tertiary/aromatic N) is 1. The van der Waals surface area contributed by atoms with E-state index in [2.05, 4.69) is 0 Å². The minimum atomic E-state index is -0.588. The molecule has 102 valence electrons. The highest BCUT2D eigenvalue weighted by Gasteiger charge is 2.54. The minimum Gasteiger partial charge on any atom is -0.342 e. The lowest BCUT2D eigenvalue weighted by molar-refractivity contribution is -0.133. The van der Waals surface area contributed by atoms with Crippen LogP contribution in [0.2, 0.25) is 0 Å². The van der Waals surface area contributed by atoms with E-state index in [1.54, 1.807) is 18.2 Å². The van der Waals surface area contributed by atoms with Gasteiger partial charge in [-0.2, -0.15) is 0 Å². The Balaban J connectivity index is 1.82. The lowest BCUT2D eigenvalue weighted by Crippen LogP contribution is -2.38. The first-order chi connectivity index (χ1) is 9.17. The highest BCUT2D eigenvalue weighted by molar-refractivity contribution is 5.91. The normalized spacial score (nSPS) is 24.5. The van der Waals surface area contributed by atoms with E-state index in [4.69, 9.17) is 5.73 Å². The Hall–Kier alpha value is -1.42. The van der Waals surface area contributed by atoms with Crippen molar-refractivity contribution in [3.63, 3.8) is 0 Å². The third kappa shape index (κ3) is 2.04. The monoisotopic (exact) mass is 262 g/mol. The third-order valence-electron chi connectivity index (χ3n) is 4.46. The predicted molar refractivity (Wildman–Crippen MR) is 71.1 cm³/mol. The highest BCUT2D eigenvalue weighted by atomic mass is 19.1. The number of likely N-dealkylation sites (tertiary alicyclic amines) is 1. The van der Waals surface area contributed by atoms with Gasteiger partial charge in [0.1, 0.15) is 5.82 Å². The van der Waals surface area contributed by atoms with Gasteiger partial charge in [0.25, 0.3) is 0 Å². The van der Waals surface area contributed by atoms with Crippen molar-refractivity contribution in [2.75, 3.05) is 19.6 Å². The van der Waals surface area contributed by atoms with Crippen molar-refractivity contribution in [3.05, 3.63) is 35.6 Å². The quantitative estimate of drug-likeness (QED) is 0.900. The molecule has 1 saturated carbocycles. The Morgan fingerprint density at radius 3 is 2.74 bits per heavy atom. The van der Waals surface area contributed by atoms with Crippen LogP contribution in [0.25, 0.3) is 0 Å². The number of rotatable bonds is 3. The van der Waals surface area contributed by atoms with Crippen LogP contribution in [0.3, 0.4) is 0 Å². The average Bonchev–Trinajstić information content (AvgIpc) is 3.09. The van der Waals surface area contributed by atoms with Crippen molar-refractivity contribution >= 4 is 5.91 Å². The van der Waals surface area contributed by atoms with Gasteiger partial charge in [0, 0.05) is 18.7 Å². The van der Waals surface area contributed by atoms with E-state index < -0.39 is 5.41 Å². The van der Waals surface area contributed by atoms with Gasteiger partial charge in [-0.25, -0.2) is 4.39 Å². The smallest absolute Gasteiger partial charge is 0.233 e. The summed E-state index contributed by atoms with van der Waals surface area (Å²) in [6.07, 6.45) is 2.49. The zero-order valence-corrected chi connectivity index (χ0v) is 10.9. The molecule has 1 aliphatic heterocycles. The Labute approximate surface area is 112 Å². The van der Waals surface area contributed by atoms with Crippen LogP contribution in [0.15, 0.2) is 24.3 Å². The zero-order valence-electron chi connectivity index (χ0n) is 10.9. The number of halogens is 1. The Bertz CT molecular complexity index is 499. The molecule has 0 aromatic heterocycles. The molecule has 1 aromatic carbocycles. The maximum Gasteiger partial charge on any atom is 0.233 e. The van der Waals surface area contributed by atoms with Gasteiger partial charge in [-0.3, -0.25) is 4.79 Å². The number of carbonyl (C=O) groups excluding carboxylic acids is 1. The molecule has 1 atom stereocenters. The fourth-order valence-electron chi connectivity index (χ4n) is 3.08. The summed E-state index contributed by atoms with van der Waals surface area (Å²) in [5.41, 5.74) is 5.64. The van der Waals surface area contributed by atoms with Crippen LogP contribution < -0.4 is 5.73 Å². The summed E-state index contributed by atoms with van der Waals surface area (Å²) in [4.78, 5) is 14.5. The average molecular weight is 262 g/mol. The summed E-state index contributed by atoms with van der Waals surface area (Å²) in [6, 6.07) is 6.66. The van der Waals surface area contributed by atoms with Crippen LogP contribution in [0.4, 0.5) is 4.39 Å². The van der Waals surface area contributed by atoms with Crippen LogP contribution >= 0.6 is 0 Å². The van der Waals surface area contributed by atoms with Gasteiger partial charge in [-0.15, -0.1) is 0 Å². The van der Waals surface area contributed by atoms with Crippen LogP contribution in [0, 0.1) is 11.7 Å². The van der Waals surface area contributed by atoms with Crippen molar-refractivity contribution in [1.29, 1.82) is 0 Å². The van der Waals surface area contributed by atoms with E-state index >= 15 is 0 Å². The van der Waals surface area contributed by atoms with Crippen molar-refractivity contribution in [2.45, 2.75) is 24.7 Å². The first-order valence-corrected chi connectivity index (χ1v) is 6.92. The van der Waals surface area contributed by atoms with E-state index in [-0.39, 0.29) is 11.7 Å². The number of hydrogen-bond acceptors (Lipinski definition) is 2. The molecular weight excluding hydrogens is 243 g/mol. The second-order valence-electron chi connectivity index (χ2n) is 5.70. The summed E-state index contributed by atoms with van der Waals surface area (Å²) in [7, 11) is 0. The van der Waals surface area contributed by atoms with E-state index in [0.717, 1.165) is 32.4 Å². The second-order valence-corrected chi connectivity index (χ2v) is 5.70. The molecule has 1 aliphatic carbocycles. The summed E-state index contributed by atoms with van der Waals surface area (Å²) in [5, 5.41) is 0. The fraction of sp³-hybridized carbons (Fsp3) is 0.533. The molecular formula is C15H19FN2O. The molecule has 2 fully saturated rings. The topological polar surface area (TPSA) is 46.3 Å². The van der Waals surface area contributed by atoms with E-state index in [0.29, 0.717) is 18.0 Å². The van der Waals surface area contributed by atoms with Crippen LogP contribution in [-0.4, -0.2) is 30.4 Å². The molecule has 4 heteroatoms. The zero-order chi connectivity index (χ0) is 13.5. The first-order valence-electron chi connectivity index (χ1n) is 6.92. The lowest BCUT2D eigenvalue weighted by Gasteiger charge is -2.24. The van der Waals surface area contributed by atoms with E-state index in [1.807, 2.05) is 4.90 Å². The van der Waals surface area contributed by atoms with Crippen LogP contribution in [0.1, 0.15) is 24.8 Å². The molecule has 1 heterocycles. The molecule has 3 rings (SSSR count). The van der Waals surface area contributed by atoms with Crippen molar-refractivity contribution < 1.29 is 9.18 Å². The Morgan fingerprint density at radius 1 is 1.42 bits per heavy atom. The molecule has 0 radical (unpaired) electrons. The number of nitrogens with two attached hydrogens (primary N) is 1. The highest BCUT2D eigenvalue weighted by Crippen LogP contribution is 2.50. The predicted octanol–water partition coefficient (Wildman–Crippen LogP) is 1.66. The second kappa shape index (κ2) is 4.60. The van der Waals surface area contributed by atoms with Gasteiger partial charge < -0.3 is 10.6 Å². The van der Waals surface area contributed by atoms with Gasteiger partial charge >= 0.3 is 0 Å². The van der Waals surface area contributed by atoms with Gasteiger partial charge in [0.2, 0.25) is 5.91 Å². The SMILES string of the molecule is NC[C@@H]1CCN(C(=O)C2(c3ccccc3F)CC2)C1. The molecule has 1 amide bonds. The standard InChI is InChI=1S/C15H19FN2O/c16-13-4-2-1-3-12(13)15(6-7-15)14(19)18-8-5-11(9-17)10-18/h1-4,11H,5-10,17H2/t11-/m0/s1. The maximum atomic E-state index is 13.9. The number of amides is 1. The van der Waals surface area contributed by atoms with Gasteiger partial charge in [0.15, 0.2) is 0 Å². The summed E-state index contributed by atoms with van der Waals surface area (Å²) in [5.74, 6) is 0.233. The minimum absolute atomic E-state index is 0.0913. The van der Waals surface area contributed by atoms with Crippen molar-refractivity contribution in [1.82, 2.24) is 4.90 Å². The third-order valence-corrected chi connectivity index (χ3v) is 4.46. The van der Waals surface area contributed by atoms with Crippen molar-refractivity contribution in [3.8, 4) is 0 Å². The number of hydrogen-bond donors (Lipinski definition) is 1. The molecule has 2 aliphatic rings. The van der Waals surface area contributed by atoms with Crippen LogP contribution in [0.5, 0.6) is 0 Å². The van der Waals surface area contributed by atoms with Gasteiger partial charge in [0.05, 0.1) is 5.41 Å². The number of carbonyl (C=O) groups is 1. The molecule has 0 spiro atoms. The molecule has 0 bridgehead atoms. The molecule has 1 saturated heterocycles. The molecule has 19 heavy (non-hydrogen) atoms. The molecule has 2 N–H and O–H groups in total. The molecule has 3 nitrogen and oxygen atoms in total.